The fourth-order valence-electron chi connectivity index (χ4n) is 19.5. The summed E-state index contributed by atoms with van der Waals surface area (Å²) in [6.45, 7) is 17.2. The Morgan fingerprint density at radius 3 is 1.39 bits per heavy atom. The van der Waals surface area contributed by atoms with Crippen LogP contribution >= 0.6 is 0 Å². The number of aliphatic hydroxyl groups excluding tert-OH is 6. The van der Waals surface area contributed by atoms with E-state index in [9.17, 15) is 49.8 Å². The molecule has 12 rings (SSSR count). The van der Waals surface area contributed by atoms with E-state index in [0.29, 0.717) is 57.3 Å². The lowest BCUT2D eigenvalue weighted by Gasteiger charge is -2.58. The van der Waals surface area contributed by atoms with Crippen molar-refractivity contribution in [1.82, 2.24) is 0 Å². The molecule has 9 fully saturated rings. The van der Waals surface area contributed by atoms with Crippen LogP contribution in [0.15, 0.2) is 34.9 Å². The van der Waals surface area contributed by atoms with Gasteiger partial charge in [-0.05, 0) is 143 Å². The highest BCUT2D eigenvalue weighted by Crippen LogP contribution is 2.65. The summed E-state index contributed by atoms with van der Waals surface area (Å²) in [5.41, 5.74) is 2.66. The van der Waals surface area contributed by atoms with E-state index in [1.54, 1.807) is 0 Å². The second kappa shape index (κ2) is 23.9. The van der Waals surface area contributed by atoms with Crippen molar-refractivity contribution in [3.63, 3.8) is 0 Å². The molecule has 17 nitrogen and oxygen atoms in total. The molecule has 0 amide bonds. The van der Waals surface area contributed by atoms with Crippen LogP contribution in [0.1, 0.15) is 171 Å². The molecule has 0 aromatic carbocycles. The Kier molecular flexibility index (Phi) is 18.0. The van der Waals surface area contributed by atoms with Crippen LogP contribution < -0.4 is 0 Å². The average Bonchev–Trinajstić information content (AvgIpc) is 1.58. The molecule has 0 aromatic heterocycles. The SMILES string of the molecule is CC(=O)O[C@H]1COC2C3C(CC[C@@]21C)[C@@]1(C)CC[C@H](O)CC1=C[C@@H]3O.CC(=O)O[C@H]1COC2C3C(CC[C@@]21C)[C@@]1(C)CC[C@H](OCCCCC=O)CC1=C[C@@H]3O.CC(=O)O[C@H]1COC2C3C(CC[C@@]21CO)[C@@]1(C)CC[C@H](O)CC1=C[C@@H]3O. The predicted molar refractivity (Wildman–Crippen MR) is 300 cm³/mol. The Morgan fingerprint density at radius 1 is 0.537 bits per heavy atom. The predicted octanol–water partition coefficient (Wildman–Crippen LogP) is 6.97. The zero-order chi connectivity index (χ0) is 58.9. The minimum absolute atomic E-state index is 0.0308. The van der Waals surface area contributed by atoms with Gasteiger partial charge in [0.05, 0.1) is 86.8 Å². The highest BCUT2D eigenvalue weighted by molar-refractivity contribution is 5.67. The van der Waals surface area contributed by atoms with Crippen molar-refractivity contribution in [2.75, 3.05) is 33.0 Å². The third-order valence-electron chi connectivity index (χ3n) is 24.2. The van der Waals surface area contributed by atoms with E-state index >= 15 is 0 Å². The van der Waals surface area contributed by atoms with E-state index in [1.807, 2.05) is 12.2 Å². The van der Waals surface area contributed by atoms with Gasteiger partial charge in [0.1, 0.15) is 24.6 Å². The van der Waals surface area contributed by atoms with E-state index in [2.05, 4.69) is 40.7 Å². The lowest BCUT2D eigenvalue weighted by molar-refractivity contribution is -0.165. The Morgan fingerprint density at radius 2 is 0.939 bits per heavy atom. The van der Waals surface area contributed by atoms with Gasteiger partial charge in [0.2, 0.25) is 0 Å². The second-order valence-corrected chi connectivity index (χ2v) is 28.6. The molecule has 9 unspecified atom stereocenters. The van der Waals surface area contributed by atoms with Gasteiger partial charge >= 0.3 is 17.9 Å². The number of aldehydes is 1. The molecule has 3 aliphatic heterocycles. The monoisotopic (exact) mass is 1150 g/mol. The van der Waals surface area contributed by atoms with Crippen LogP contribution in [0.2, 0.25) is 0 Å². The first-order valence-corrected chi connectivity index (χ1v) is 31.4. The van der Waals surface area contributed by atoms with E-state index in [0.717, 1.165) is 102 Å². The summed E-state index contributed by atoms with van der Waals surface area (Å²) < 4.78 is 41.2. The first-order valence-electron chi connectivity index (χ1n) is 31.4. The number of aliphatic hydroxyl groups is 6. The average molecular weight is 1150 g/mol. The maximum Gasteiger partial charge on any atom is 0.303 e. The highest BCUT2D eigenvalue weighted by atomic mass is 16.6. The zero-order valence-corrected chi connectivity index (χ0v) is 50.1. The van der Waals surface area contributed by atoms with Gasteiger partial charge in [-0.3, -0.25) is 14.4 Å². The fourth-order valence-corrected chi connectivity index (χ4v) is 19.5. The molecule has 24 atom stereocenters. The molecule has 460 valence electrons. The van der Waals surface area contributed by atoms with Crippen LogP contribution in [0.3, 0.4) is 0 Å². The molecule has 3 heterocycles. The van der Waals surface area contributed by atoms with Gasteiger partial charge in [0, 0.05) is 62.4 Å². The summed E-state index contributed by atoms with van der Waals surface area (Å²) in [6, 6.07) is 0. The zero-order valence-electron chi connectivity index (χ0n) is 50.1. The molecular formula is C65H98O17. The molecular weight excluding hydrogens is 1050 g/mol. The van der Waals surface area contributed by atoms with Crippen molar-refractivity contribution in [1.29, 1.82) is 0 Å². The Hall–Kier alpha value is -3.10. The number of unbranched alkanes of at least 4 members (excludes halogenated alkanes) is 2. The molecule has 0 spiro atoms. The number of esters is 3. The molecule has 82 heavy (non-hydrogen) atoms. The highest BCUT2D eigenvalue weighted by Gasteiger charge is 2.67. The first-order chi connectivity index (χ1) is 38.9. The lowest BCUT2D eigenvalue weighted by Crippen LogP contribution is -2.60. The van der Waals surface area contributed by atoms with Gasteiger partial charge in [-0.15, -0.1) is 0 Å². The van der Waals surface area contributed by atoms with Gasteiger partial charge < -0.3 is 68.6 Å². The standard InChI is InChI=1S/C25H38O6.C20H30O6.C20H30O5/c1-16(27)31-21-15-30-23-22-19(8-10-25(21,23)3)24(2)9-7-18(13-17(24)14-20(22)28)29-12-6-4-5-11-26;1-11(22)26-16-9-25-18-17-14(4-6-20(16,18)10-21)19(2)5-3-13(23)7-12(19)8-15(17)24;1-11(21)25-16-10-24-18-17-14(5-7-20(16,18)3)19(2)6-4-13(22)8-12(19)9-15(17)23/h11,14,18-23,28H,4-10,12-13,15H2,1-3H3;8,13-18,21,23-24H,3-7,9-10H2,1-2H3;9,13-18,22-23H,4-8,10H2,1-3H3/t18-,19?,20-,21-,22?,23?,24-,25+;13-,14?,15-,16-,17?,18?,19-,20-;13-,14?,15-,16-,17?,18?,19-,20+/m000/s1. The van der Waals surface area contributed by atoms with Crippen molar-refractivity contribution in [3.8, 4) is 0 Å². The lowest BCUT2D eigenvalue weighted by atomic mass is 9.48. The molecule has 12 aliphatic rings. The molecule has 0 aromatic rings. The summed E-state index contributed by atoms with van der Waals surface area (Å²) in [4.78, 5) is 45.0. The number of fused-ring (bicyclic) bond motifs is 15. The maximum atomic E-state index is 11.6. The molecule has 6 N–H and O–H groups in total. The van der Waals surface area contributed by atoms with E-state index in [4.69, 9.17) is 33.2 Å². The van der Waals surface area contributed by atoms with Crippen molar-refractivity contribution in [2.45, 2.75) is 244 Å². The minimum atomic E-state index is -0.666. The second-order valence-electron chi connectivity index (χ2n) is 28.6. The molecule has 17 heteroatoms. The number of hydrogen-bond donors (Lipinski definition) is 6. The molecule has 6 saturated carbocycles. The number of carbonyl (C=O) groups is 4. The van der Waals surface area contributed by atoms with Crippen LogP contribution in [0.5, 0.6) is 0 Å². The van der Waals surface area contributed by atoms with Gasteiger partial charge in [-0.2, -0.15) is 0 Å². The number of carbonyl (C=O) groups excluding carboxylic acids is 4. The molecule has 0 radical (unpaired) electrons. The van der Waals surface area contributed by atoms with Crippen LogP contribution in [0.4, 0.5) is 0 Å². The molecule has 9 aliphatic carbocycles. The largest absolute Gasteiger partial charge is 0.459 e. The third kappa shape index (κ3) is 10.9. The van der Waals surface area contributed by atoms with Gasteiger partial charge in [-0.1, -0.05) is 69.6 Å². The van der Waals surface area contributed by atoms with Crippen molar-refractivity contribution in [3.05, 3.63) is 34.9 Å². The van der Waals surface area contributed by atoms with Crippen LogP contribution in [0, 0.1) is 68.0 Å². The maximum absolute atomic E-state index is 11.6. The summed E-state index contributed by atoms with van der Waals surface area (Å²) in [7, 11) is 0. The summed E-state index contributed by atoms with van der Waals surface area (Å²) >= 11 is 0. The summed E-state index contributed by atoms with van der Waals surface area (Å²) in [5, 5.41) is 63.4. The quantitative estimate of drug-likeness (QED) is 0.0425. The number of rotatable bonds is 10. The third-order valence-corrected chi connectivity index (χ3v) is 24.2. The Labute approximate surface area is 485 Å². The van der Waals surface area contributed by atoms with E-state index in [-0.39, 0.29) is 131 Å². The molecule has 0 bridgehead atoms. The van der Waals surface area contributed by atoms with Crippen LogP contribution in [-0.4, -0.2) is 161 Å². The van der Waals surface area contributed by atoms with Crippen LogP contribution in [0.25, 0.3) is 0 Å². The van der Waals surface area contributed by atoms with Gasteiger partial charge in [-0.25, -0.2) is 0 Å². The van der Waals surface area contributed by atoms with E-state index in [1.165, 1.54) is 31.9 Å². The molecule has 3 saturated heterocycles. The Bertz CT molecular complexity index is 2460. The minimum Gasteiger partial charge on any atom is -0.459 e. The van der Waals surface area contributed by atoms with Gasteiger partial charge in [0.25, 0.3) is 0 Å². The topological polar surface area (TPSA) is 254 Å². The van der Waals surface area contributed by atoms with Crippen LogP contribution in [-0.2, 0) is 52.3 Å². The summed E-state index contributed by atoms with van der Waals surface area (Å²) in [6.07, 6.45) is 18.9. The van der Waals surface area contributed by atoms with E-state index < -0.39 is 29.8 Å². The van der Waals surface area contributed by atoms with Crippen molar-refractivity contribution >= 4 is 24.2 Å². The fraction of sp³-hybridized carbons (Fsp3) is 0.846. The van der Waals surface area contributed by atoms with Gasteiger partial charge in [0.15, 0.2) is 0 Å². The Balaban J connectivity index is 0.000000139. The van der Waals surface area contributed by atoms with Crippen molar-refractivity contribution in [2.24, 2.45) is 68.0 Å². The first kappa shape index (κ1) is 62.0. The normalized spacial score (nSPS) is 48.3. The number of hydrogen-bond acceptors (Lipinski definition) is 17. The number of ether oxygens (including phenoxy) is 7. The summed E-state index contributed by atoms with van der Waals surface area (Å²) in [5.74, 6) is 0.00384. The smallest absolute Gasteiger partial charge is 0.303 e. The van der Waals surface area contributed by atoms with Crippen molar-refractivity contribution < 1.29 is 83.0 Å².